The molecule has 1 aliphatic heterocycles. The van der Waals surface area contributed by atoms with Gasteiger partial charge in [0.2, 0.25) is 15.9 Å². The molecule has 2 N–H and O–H groups in total. The number of benzene rings is 2. The van der Waals surface area contributed by atoms with Crippen molar-refractivity contribution in [2.75, 3.05) is 19.8 Å². The first-order chi connectivity index (χ1) is 14.9. The molecule has 1 amide bonds. The number of amides is 1. The average molecular weight is 467 g/mol. The molecule has 9 heteroatoms. The normalized spacial score (nSPS) is 14.1. The van der Waals surface area contributed by atoms with E-state index in [1.165, 1.54) is 12.1 Å². The van der Waals surface area contributed by atoms with Crippen LogP contribution in [-0.4, -0.2) is 34.1 Å². The zero-order valence-corrected chi connectivity index (χ0v) is 19.0. The summed E-state index contributed by atoms with van der Waals surface area (Å²) in [5.41, 5.74) is 0.881. The summed E-state index contributed by atoms with van der Waals surface area (Å²) >= 11 is 6.16. The number of nitrogens with one attached hydrogen (secondary N) is 2. The summed E-state index contributed by atoms with van der Waals surface area (Å²) in [6, 6.07) is 11.8. The van der Waals surface area contributed by atoms with Crippen molar-refractivity contribution in [1.29, 1.82) is 0 Å². The molecule has 1 unspecified atom stereocenters. The van der Waals surface area contributed by atoms with Crippen molar-refractivity contribution in [3.63, 3.8) is 0 Å². The molecular formula is C22H27ClN2O5S. The number of sulfonamides is 1. The summed E-state index contributed by atoms with van der Waals surface area (Å²) in [6.45, 7) is 3.04. The van der Waals surface area contributed by atoms with Crippen molar-refractivity contribution in [2.45, 2.75) is 43.5 Å². The lowest BCUT2D eigenvalue weighted by Gasteiger charge is -2.18. The van der Waals surface area contributed by atoms with Crippen LogP contribution in [0, 0.1) is 0 Å². The molecule has 31 heavy (non-hydrogen) atoms. The van der Waals surface area contributed by atoms with E-state index in [0.717, 1.165) is 12.0 Å². The maximum atomic E-state index is 12.5. The minimum atomic E-state index is -3.63. The fourth-order valence-corrected chi connectivity index (χ4v) is 4.67. The molecule has 0 aromatic heterocycles. The number of rotatable bonds is 10. The molecule has 3 rings (SSSR count). The van der Waals surface area contributed by atoms with Crippen molar-refractivity contribution in [2.24, 2.45) is 0 Å². The zero-order chi connectivity index (χ0) is 22.3. The quantitative estimate of drug-likeness (QED) is 0.519. The van der Waals surface area contributed by atoms with Crippen LogP contribution >= 0.6 is 11.6 Å². The summed E-state index contributed by atoms with van der Waals surface area (Å²) in [4.78, 5) is 12.3. The zero-order valence-electron chi connectivity index (χ0n) is 17.4. The maximum Gasteiger partial charge on any atom is 0.240 e. The summed E-state index contributed by atoms with van der Waals surface area (Å²) < 4.78 is 38.4. The van der Waals surface area contributed by atoms with E-state index < -0.39 is 10.0 Å². The molecule has 0 fully saturated rings. The topological polar surface area (TPSA) is 93.7 Å². The van der Waals surface area contributed by atoms with Crippen molar-refractivity contribution in [3.05, 3.63) is 53.1 Å². The predicted molar refractivity (Wildman–Crippen MR) is 119 cm³/mol. The third kappa shape index (κ3) is 6.59. The van der Waals surface area contributed by atoms with Crippen molar-refractivity contribution in [1.82, 2.24) is 10.0 Å². The first-order valence-electron chi connectivity index (χ1n) is 10.3. The number of ether oxygens (including phenoxy) is 2. The molecule has 0 spiro atoms. The van der Waals surface area contributed by atoms with E-state index in [4.69, 9.17) is 21.1 Å². The summed E-state index contributed by atoms with van der Waals surface area (Å²) in [5.74, 6) is 0.933. The smallest absolute Gasteiger partial charge is 0.240 e. The molecule has 2 aromatic carbocycles. The molecule has 168 valence electrons. The molecule has 0 aliphatic carbocycles. The van der Waals surface area contributed by atoms with E-state index in [0.29, 0.717) is 55.5 Å². The molecule has 0 radical (unpaired) electrons. The number of hydrogen-bond acceptors (Lipinski definition) is 5. The van der Waals surface area contributed by atoms with E-state index >= 15 is 0 Å². The van der Waals surface area contributed by atoms with Gasteiger partial charge in [0, 0.05) is 24.1 Å². The highest BCUT2D eigenvalue weighted by atomic mass is 35.5. The van der Waals surface area contributed by atoms with Crippen LogP contribution in [0.3, 0.4) is 0 Å². The first-order valence-corrected chi connectivity index (χ1v) is 12.2. The summed E-state index contributed by atoms with van der Waals surface area (Å²) in [7, 11) is -3.63. The van der Waals surface area contributed by atoms with E-state index in [1.807, 2.05) is 25.1 Å². The lowest BCUT2D eigenvalue weighted by Crippen LogP contribution is -2.27. The lowest BCUT2D eigenvalue weighted by atomic mass is 10.1. The Labute approximate surface area is 188 Å². The maximum absolute atomic E-state index is 12.5. The second-order valence-corrected chi connectivity index (χ2v) is 9.50. The SMILES string of the molecule is CC(NC(=O)CCCCCNS(=O)(=O)c1ccc2c(c1)OCCO2)c1ccccc1Cl. The van der Waals surface area contributed by atoms with Crippen LogP contribution in [-0.2, 0) is 14.8 Å². The molecule has 0 bridgehead atoms. The first kappa shape index (κ1) is 23.4. The van der Waals surface area contributed by atoms with Crippen LogP contribution in [0.5, 0.6) is 11.5 Å². The van der Waals surface area contributed by atoms with E-state index in [2.05, 4.69) is 10.0 Å². The van der Waals surface area contributed by atoms with Crippen LogP contribution in [0.25, 0.3) is 0 Å². The third-order valence-corrected chi connectivity index (χ3v) is 6.75. The lowest BCUT2D eigenvalue weighted by molar-refractivity contribution is -0.121. The van der Waals surface area contributed by atoms with Crippen molar-refractivity contribution in [3.8, 4) is 11.5 Å². The van der Waals surface area contributed by atoms with Gasteiger partial charge in [-0.1, -0.05) is 36.2 Å². The standard InChI is InChI=1S/C22H27ClN2O5S/c1-16(18-7-4-5-8-19(18)23)25-22(26)9-3-2-6-12-24-31(27,28)17-10-11-20-21(15-17)30-14-13-29-20/h4-5,7-8,10-11,15-16,24H,2-3,6,9,12-14H2,1H3,(H,25,26). The van der Waals surface area contributed by atoms with E-state index in [1.54, 1.807) is 12.1 Å². The van der Waals surface area contributed by atoms with Crippen LogP contribution < -0.4 is 19.5 Å². The molecule has 1 atom stereocenters. The molecule has 0 saturated heterocycles. The Balaban J connectivity index is 1.36. The second kappa shape index (κ2) is 10.8. The number of fused-ring (bicyclic) bond motifs is 1. The summed E-state index contributed by atoms with van der Waals surface area (Å²) in [6.07, 6.45) is 2.42. The van der Waals surface area contributed by atoms with Gasteiger partial charge in [-0.3, -0.25) is 4.79 Å². The van der Waals surface area contributed by atoms with E-state index in [-0.39, 0.29) is 16.8 Å². The Morgan fingerprint density at radius 1 is 1.06 bits per heavy atom. The van der Waals surface area contributed by atoms with E-state index in [9.17, 15) is 13.2 Å². The molecule has 0 saturated carbocycles. The number of carbonyl (C=O) groups excluding carboxylic acids is 1. The van der Waals surface area contributed by atoms with Gasteiger partial charge in [0.1, 0.15) is 13.2 Å². The molecule has 2 aromatic rings. The van der Waals surface area contributed by atoms with Crippen molar-refractivity contribution >= 4 is 27.5 Å². The number of unbranched alkanes of at least 4 members (excludes halogenated alkanes) is 2. The van der Waals surface area contributed by atoms with Crippen LogP contribution in [0.2, 0.25) is 5.02 Å². The van der Waals surface area contributed by atoms with Gasteiger partial charge in [-0.25, -0.2) is 13.1 Å². The Hall–Kier alpha value is -2.29. The minimum Gasteiger partial charge on any atom is -0.486 e. The second-order valence-electron chi connectivity index (χ2n) is 7.32. The van der Waals surface area contributed by atoms with Gasteiger partial charge in [0.05, 0.1) is 10.9 Å². The predicted octanol–water partition coefficient (Wildman–Crippen LogP) is 3.83. The van der Waals surface area contributed by atoms with Crippen LogP contribution in [0.1, 0.15) is 44.2 Å². The highest BCUT2D eigenvalue weighted by Gasteiger charge is 2.19. The number of carbonyl (C=O) groups is 1. The molecule has 1 aliphatic rings. The fraction of sp³-hybridized carbons (Fsp3) is 0.409. The molecule has 7 nitrogen and oxygen atoms in total. The van der Waals surface area contributed by atoms with Gasteiger partial charge in [-0.2, -0.15) is 0 Å². The average Bonchev–Trinajstić information content (AvgIpc) is 2.76. The number of hydrogen-bond donors (Lipinski definition) is 2. The van der Waals surface area contributed by atoms with Crippen molar-refractivity contribution < 1.29 is 22.7 Å². The van der Waals surface area contributed by atoms with Gasteiger partial charge >= 0.3 is 0 Å². The highest BCUT2D eigenvalue weighted by Crippen LogP contribution is 2.32. The monoisotopic (exact) mass is 466 g/mol. The van der Waals surface area contributed by atoms with Gasteiger partial charge < -0.3 is 14.8 Å². The minimum absolute atomic E-state index is 0.0516. The summed E-state index contributed by atoms with van der Waals surface area (Å²) in [5, 5.41) is 3.57. The molecular weight excluding hydrogens is 440 g/mol. The largest absolute Gasteiger partial charge is 0.486 e. The van der Waals surface area contributed by atoms with Crippen LogP contribution in [0.15, 0.2) is 47.4 Å². The highest BCUT2D eigenvalue weighted by molar-refractivity contribution is 7.89. The Morgan fingerprint density at radius 2 is 1.81 bits per heavy atom. The van der Waals surface area contributed by atoms with Gasteiger partial charge in [-0.15, -0.1) is 0 Å². The van der Waals surface area contributed by atoms with Crippen LogP contribution in [0.4, 0.5) is 0 Å². The Bertz CT molecular complexity index is 1010. The Kier molecular flexibility index (Phi) is 8.17. The van der Waals surface area contributed by atoms with Gasteiger partial charge in [0.15, 0.2) is 11.5 Å². The van der Waals surface area contributed by atoms with Gasteiger partial charge in [0.25, 0.3) is 0 Å². The number of halogens is 1. The fourth-order valence-electron chi connectivity index (χ4n) is 3.29. The Morgan fingerprint density at radius 3 is 2.58 bits per heavy atom. The third-order valence-electron chi connectivity index (χ3n) is 4.95. The molecule has 1 heterocycles. The van der Waals surface area contributed by atoms with Gasteiger partial charge in [-0.05, 0) is 43.5 Å².